The van der Waals surface area contributed by atoms with Gasteiger partial charge in [-0.15, -0.1) is 0 Å². The van der Waals surface area contributed by atoms with E-state index in [1.807, 2.05) is 19.9 Å². The number of aryl methyl sites for hydroxylation is 1. The smallest absolute Gasteiger partial charge is 0.295 e. The van der Waals surface area contributed by atoms with Gasteiger partial charge in [0.1, 0.15) is 5.82 Å². The van der Waals surface area contributed by atoms with Crippen LogP contribution < -0.4 is 5.32 Å². The highest BCUT2D eigenvalue weighted by molar-refractivity contribution is 5.70. The van der Waals surface area contributed by atoms with Crippen molar-refractivity contribution in [2.24, 2.45) is 0 Å². The number of hydrogen-bond donors (Lipinski definition) is 1. The van der Waals surface area contributed by atoms with E-state index in [-0.39, 0.29) is 5.69 Å². The number of pyridine rings is 2. The van der Waals surface area contributed by atoms with Crippen LogP contribution in [0.15, 0.2) is 30.5 Å². The van der Waals surface area contributed by atoms with Crippen LogP contribution >= 0.6 is 0 Å². The van der Waals surface area contributed by atoms with Crippen LogP contribution in [0.4, 0.5) is 11.5 Å². The fourth-order valence-electron chi connectivity index (χ4n) is 1.77. The molecule has 2 rings (SSSR count). The Bertz CT molecular complexity index is 611. The molecular weight excluding hydrogens is 256 g/mol. The Morgan fingerprint density at radius 2 is 2.10 bits per heavy atom. The number of nitrogens with zero attached hydrogens (tertiary/aromatic N) is 3. The van der Waals surface area contributed by atoms with E-state index in [0.29, 0.717) is 17.1 Å². The second-order valence-corrected chi connectivity index (χ2v) is 4.44. The lowest BCUT2D eigenvalue weighted by atomic mass is 10.1. The van der Waals surface area contributed by atoms with Gasteiger partial charge in [0.05, 0.1) is 4.92 Å². The van der Waals surface area contributed by atoms with Crippen LogP contribution in [0.25, 0.3) is 11.3 Å². The van der Waals surface area contributed by atoms with E-state index in [1.165, 1.54) is 6.07 Å². The summed E-state index contributed by atoms with van der Waals surface area (Å²) in [4.78, 5) is 19.2. The summed E-state index contributed by atoms with van der Waals surface area (Å²) in [5.41, 5.74) is 1.82. The van der Waals surface area contributed by atoms with Crippen LogP contribution in [0.1, 0.15) is 19.0 Å². The number of rotatable bonds is 5. The Labute approximate surface area is 117 Å². The molecule has 0 spiro atoms. The zero-order valence-corrected chi connectivity index (χ0v) is 11.5. The van der Waals surface area contributed by atoms with Crippen LogP contribution in [0.2, 0.25) is 0 Å². The van der Waals surface area contributed by atoms with Gasteiger partial charge in [0, 0.05) is 30.1 Å². The molecule has 6 heteroatoms. The van der Waals surface area contributed by atoms with Gasteiger partial charge in [-0.1, -0.05) is 6.92 Å². The lowest BCUT2D eigenvalue weighted by Crippen LogP contribution is -2.04. The van der Waals surface area contributed by atoms with Gasteiger partial charge in [0.2, 0.25) is 0 Å². The average molecular weight is 272 g/mol. The summed E-state index contributed by atoms with van der Waals surface area (Å²) in [5, 5.41) is 14.2. The maximum absolute atomic E-state index is 11.1. The van der Waals surface area contributed by atoms with Crippen LogP contribution in [-0.4, -0.2) is 21.4 Å². The maximum atomic E-state index is 11.1. The third kappa shape index (κ3) is 3.09. The van der Waals surface area contributed by atoms with Gasteiger partial charge in [-0.2, -0.15) is 0 Å². The summed E-state index contributed by atoms with van der Waals surface area (Å²) < 4.78 is 0. The second kappa shape index (κ2) is 6.10. The number of nitro groups is 1. The summed E-state index contributed by atoms with van der Waals surface area (Å²) in [6.07, 6.45) is 2.56. The first-order chi connectivity index (χ1) is 9.61. The Morgan fingerprint density at radius 1 is 1.30 bits per heavy atom. The lowest BCUT2D eigenvalue weighted by Gasteiger charge is -2.07. The Balaban J connectivity index is 2.46. The number of nitrogens with one attached hydrogen (secondary N) is 1. The molecule has 104 valence electrons. The summed E-state index contributed by atoms with van der Waals surface area (Å²) in [5.74, 6) is 0.632. The van der Waals surface area contributed by atoms with Crippen LogP contribution in [0.3, 0.4) is 0 Å². The third-order valence-electron chi connectivity index (χ3n) is 2.81. The predicted octanol–water partition coefficient (Wildman–Crippen LogP) is 3.18. The van der Waals surface area contributed by atoms with Crippen LogP contribution in [-0.2, 0) is 0 Å². The molecular formula is C14H16N4O2. The van der Waals surface area contributed by atoms with E-state index in [2.05, 4.69) is 15.3 Å². The van der Waals surface area contributed by atoms with Crippen molar-refractivity contribution in [3.63, 3.8) is 0 Å². The molecule has 1 N–H and O–H groups in total. The zero-order valence-electron chi connectivity index (χ0n) is 11.5. The van der Waals surface area contributed by atoms with Gasteiger partial charge in [0.15, 0.2) is 5.69 Å². The molecule has 2 aromatic heterocycles. The van der Waals surface area contributed by atoms with Gasteiger partial charge in [-0.3, -0.25) is 15.1 Å². The van der Waals surface area contributed by atoms with Crippen LogP contribution in [0, 0.1) is 17.0 Å². The van der Waals surface area contributed by atoms with Gasteiger partial charge in [-0.25, -0.2) is 4.98 Å². The molecule has 2 heterocycles. The zero-order chi connectivity index (χ0) is 14.5. The summed E-state index contributed by atoms with van der Waals surface area (Å²) in [6.45, 7) is 4.68. The molecule has 0 aromatic carbocycles. The minimum Gasteiger partial charge on any atom is -0.370 e. The molecule has 0 aliphatic heterocycles. The fraction of sp³-hybridized carbons (Fsp3) is 0.286. The van der Waals surface area contributed by atoms with Crippen molar-refractivity contribution in [3.05, 3.63) is 46.3 Å². The third-order valence-corrected chi connectivity index (χ3v) is 2.81. The largest absolute Gasteiger partial charge is 0.370 e. The normalized spacial score (nSPS) is 10.3. The van der Waals surface area contributed by atoms with Crippen molar-refractivity contribution in [3.8, 4) is 11.3 Å². The topological polar surface area (TPSA) is 81.0 Å². The standard InChI is InChI=1S/C14H16N4O2/c1-3-8-15-13-7-6-12(18(19)20)14(17-13)11-5-4-10(2)16-9-11/h4-7,9H,3,8H2,1-2H3,(H,15,17). The van der Waals surface area contributed by atoms with E-state index in [4.69, 9.17) is 0 Å². The van der Waals surface area contributed by atoms with E-state index < -0.39 is 4.92 Å². The summed E-state index contributed by atoms with van der Waals surface area (Å²) >= 11 is 0. The number of aromatic nitrogens is 2. The Kier molecular flexibility index (Phi) is 4.24. The number of hydrogen-bond acceptors (Lipinski definition) is 5. The minimum atomic E-state index is -0.425. The van der Waals surface area contributed by atoms with Crippen molar-refractivity contribution in [1.29, 1.82) is 0 Å². The highest BCUT2D eigenvalue weighted by atomic mass is 16.6. The summed E-state index contributed by atoms with van der Waals surface area (Å²) in [6, 6.07) is 6.70. The first-order valence-corrected chi connectivity index (χ1v) is 6.44. The van der Waals surface area contributed by atoms with Crippen LogP contribution in [0.5, 0.6) is 0 Å². The van der Waals surface area contributed by atoms with Crippen molar-refractivity contribution in [2.75, 3.05) is 11.9 Å². The maximum Gasteiger partial charge on any atom is 0.295 e. The molecule has 2 aromatic rings. The minimum absolute atomic E-state index is 0.0160. The highest BCUT2D eigenvalue weighted by Crippen LogP contribution is 2.28. The monoisotopic (exact) mass is 272 g/mol. The van der Waals surface area contributed by atoms with Crippen molar-refractivity contribution in [2.45, 2.75) is 20.3 Å². The van der Waals surface area contributed by atoms with Crippen molar-refractivity contribution >= 4 is 11.5 Å². The SMILES string of the molecule is CCCNc1ccc([N+](=O)[O-])c(-c2ccc(C)nc2)n1. The Hall–Kier alpha value is -2.50. The van der Waals surface area contributed by atoms with Gasteiger partial charge in [-0.05, 0) is 31.5 Å². The molecule has 6 nitrogen and oxygen atoms in total. The molecule has 0 amide bonds. The van der Waals surface area contributed by atoms with Crippen molar-refractivity contribution in [1.82, 2.24) is 9.97 Å². The first kappa shape index (κ1) is 13.9. The summed E-state index contributed by atoms with van der Waals surface area (Å²) in [7, 11) is 0. The molecule has 0 atom stereocenters. The number of anilines is 1. The molecule has 0 saturated heterocycles. The second-order valence-electron chi connectivity index (χ2n) is 4.44. The molecule has 0 fully saturated rings. The van der Waals surface area contributed by atoms with Crippen molar-refractivity contribution < 1.29 is 4.92 Å². The van der Waals surface area contributed by atoms with Gasteiger partial charge in [0.25, 0.3) is 5.69 Å². The highest BCUT2D eigenvalue weighted by Gasteiger charge is 2.17. The van der Waals surface area contributed by atoms with Gasteiger partial charge >= 0.3 is 0 Å². The molecule has 0 unspecified atom stereocenters. The van der Waals surface area contributed by atoms with E-state index in [0.717, 1.165) is 18.7 Å². The van der Waals surface area contributed by atoms with Gasteiger partial charge < -0.3 is 5.32 Å². The first-order valence-electron chi connectivity index (χ1n) is 6.44. The average Bonchev–Trinajstić information content (AvgIpc) is 2.45. The molecule has 0 radical (unpaired) electrons. The quantitative estimate of drug-likeness (QED) is 0.667. The molecule has 0 saturated carbocycles. The molecule has 0 bridgehead atoms. The fourth-order valence-corrected chi connectivity index (χ4v) is 1.77. The lowest BCUT2D eigenvalue weighted by molar-refractivity contribution is -0.384. The molecule has 20 heavy (non-hydrogen) atoms. The predicted molar refractivity (Wildman–Crippen MR) is 77.6 cm³/mol. The van der Waals surface area contributed by atoms with E-state index in [1.54, 1.807) is 18.3 Å². The van der Waals surface area contributed by atoms with E-state index in [9.17, 15) is 10.1 Å². The van der Waals surface area contributed by atoms with E-state index >= 15 is 0 Å². The molecule has 0 aliphatic carbocycles. The molecule has 0 aliphatic rings. The Morgan fingerprint density at radius 3 is 2.70 bits per heavy atom.